The monoisotopic (exact) mass is 311 g/mol. The number of aromatic amines is 1. The molecule has 0 atom stereocenters. The minimum Gasteiger partial charge on any atom is -0.318 e. The van der Waals surface area contributed by atoms with Crippen LogP contribution in [0.3, 0.4) is 0 Å². The third-order valence-corrected chi connectivity index (χ3v) is 3.87. The summed E-state index contributed by atoms with van der Waals surface area (Å²) >= 11 is 5.15. The molecule has 0 aliphatic rings. The number of rotatable bonds is 3. The van der Waals surface area contributed by atoms with E-state index in [2.05, 4.69) is 51.9 Å². The Kier molecular flexibility index (Phi) is 3.77. The predicted octanol–water partition coefficient (Wildman–Crippen LogP) is 3.54. The molecule has 2 heterocycles. The molecule has 0 saturated carbocycles. The van der Waals surface area contributed by atoms with Crippen LogP contribution in [0.15, 0.2) is 41.5 Å². The van der Waals surface area contributed by atoms with Crippen molar-refractivity contribution >= 4 is 18.4 Å². The Labute approximate surface area is 133 Å². The first-order valence-corrected chi connectivity index (χ1v) is 7.41. The van der Waals surface area contributed by atoms with Gasteiger partial charge in [0.15, 0.2) is 0 Å². The molecule has 2 aromatic heterocycles. The molecule has 0 spiro atoms. The molecule has 0 bridgehead atoms. The Morgan fingerprint density at radius 1 is 1.18 bits per heavy atom. The molecule has 6 heteroatoms. The highest BCUT2D eigenvalue weighted by Gasteiger charge is 2.09. The summed E-state index contributed by atoms with van der Waals surface area (Å²) in [6.07, 6.45) is 1.82. The highest BCUT2D eigenvalue weighted by molar-refractivity contribution is 7.71. The van der Waals surface area contributed by atoms with E-state index in [1.165, 1.54) is 0 Å². The van der Waals surface area contributed by atoms with Crippen molar-refractivity contribution < 1.29 is 0 Å². The molecule has 1 N–H and O–H groups in total. The average molecular weight is 311 g/mol. The fourth-order valence-electron chi connectivity index (χ4n) is 2.52. The van der Waals surface area contributed by atoms with Crippen LogP contribution in [0.4, 0.5) is 0 Å². The molecular weight excluding hydrogens is 294 g/mol. The zero-order valence-electron chi connectivity index (χ0n) is 12.7. The van der Waals surface area contributed by atoms with Crippen LogP contribution in [0.5, 0.6) is 0 Å². The van der Waals surface area contributed by atoms with Crippen molar-refractivity contribution in [3.8, 4) is 5.69 Å². The summed E-state index contributed by atoms with van der Waals surface area (Å²) in [5.74, 6) is 0.734. The smallest absolute Gasteiger partial charge is 0.216 e. The van der Waals surface area contributed by atoms with Crippen LogP contribution < -0.4 is 0 Å². The third-order valence-electron chi connectivity index (χ3n) is 3.61. The summed E-state index contributed by atoms with van der Waals surface area (Å²) < 4.78 is 4.32. The maximum Gasteiger partial charge on any atom is 0.216 e. The van der Waals surface area contributed by atoms with Crippen LogP contribution in [0.2, 0.25) is 0 Å². The third kappa shape index (κ3) is 2.53. The molecule has 3 rings (SSSR count). The summed E-state index contributed by atoms with van der Waals surface area (Å²) in [5, 5.41) is 11.2. The lowest BCUT2D eigenvalue weighted by molar-refractivity contribution is 0.820. The lowest BCUT2D eigenvalue weighted by Crippen LogP contribution is -1.99. The molecule has 22 heavy (non-hydrogen) atoms. The van der Waals surface area contributed by atoms with E-state index in [1.54, 1.807) is 4.68 Å². The Hall–Kier alpha value is -2.47. The number of benzene rings is 1. The maximum atomic E-state index is 5.15. The number of aryl methyl sites for hydroxylation is 2. The quantitative estimate of drug-likeness (QED) is 0.594. The van der Waals surface area contributed by atoms with Crippen molar-refractivity contribution in [2.45, 2.75) is 20.8 Å². The molecule has 1 aromatic carbocycles. The molecule has 112 valence electrons. The standard InChI is InChI=1S/C16H17N5S/c1-11-9-14(10-17-21-13(3)18-19-16(21)22)12(2)20(11)15-7-5-4-6-8-15/h4-10H,1-3H3,(H,19,22)/b17-10-. The van der Waals surface area contributed by atoms with Gasteiger partial charge in [-0.25, -0.2) is 0 Å². The van der Waals surface area contributed by atoms with Gasteiger partial charge in [-0.2, -0.15) is 14.9 Å². The van der Waals surface area contributed by atoms with E-state index in [9.17, 15) is 0 Å². The summed E-state index contributed by atoms with van der Waals surface area (Å²) in [7, 11) is 0. The van der Waals surface area contributed by atoms with Crippen LogP contribution in [0.25, 0.3) is 5.69 Å². The van der Waals surface area contributed by atoms with Crippen molar-refractivity contribution in [2.24, 2.45) is 5.10 Å². The predicted molar refractivity (Wildman–Crippen MR) is 90.4 cm³/mol. The number of para-hydroxylation sites is 1. The van der Waals surface area contributed by atoms with Crippen molar-refractivity contribution in [1.82, 2.24) is 19.4 Å². The van der Waals surface area contributed by atoms with Crippen molar-refractivity contribution in [2.75, 3.05) is 0 Å². The maximum absolute atomic E-state index is 5.15. The molecule has 0 radical (unpaired) electrons. The summed E-state index contributed by atoms with van der Waals surface area (Å²) in [6, 6.07) is 12.4. The van der Waals surface area contributed by atoms with Gasteiger partial charge in [-0.05, 0) is 51.2 Å². The van der Waals surface area contributed by atoms with Gasteiger partial charge in [-0.3, -0.25) is 5.10 Å². The molecule has 0 amide bonds. The molecule has 0 fully saturated rings. The van der Waals surface area contributed by atoms with Crippen LogP contribution in [0, 0.1) is 25.5 Å². The lowest BCUT2D eigenvalue weighted by Gasteiger charge is -2.08. The van der Waals surface area contributed by atoms with E-state index in [1.807, 2.05) is 31.3 Å². The van der Waals surface area contributed by atoms with Gasteiger partial charge in [-0.15, -0.1) is 0 Å². The van der Waals surface area contributed by atoms with E-state index in [4.69, 9.17) is 12.2 Å². The normalized spacial score (nSPS) is 11.4. The van der Waals surface area contributed by atoms with Gasteiger partial charge in [0.25, 0.3) is 0 Å². The second-order valence-corrected chi connectivity index (χ2v) is 5.52. The van der Waals surface area contributed by atoms with E-state index < -0.39 is 0 Å². The number of aromatic nitrogens is 4. The van der Waals surface area contributed by atoms with Crippen molar-refractivity contribution in [3.05, 3.63) is 63.9 Å². The zero-order valence-corrected chi connectivity index (χ0v) is 13.6. The average Bonchev–Trinajstić information content (AvgIpc) is 2.98. The molecule has 5 nitrogen and oxygen atoms in total. The van der Waals surface area contributed by atoms with E-state index >= 15 is 0 Å². The van der Waals surface area contributed by atoms with Gasteiger partial charge in [-0.1, -0.05) is 18.2 Å². The lowest BCUT2D eigenvalue weighted by atomic mass is 10.2. The second kappa shape index (κ2) is 5.73. The molecule has 0 aliphatic carbocycles. The first kappa shape index (κ1) is 14.5. The molecular formula is C16H17N5S. The van der Waals surface area contributed by atoms with Crippen molar-refractivity contribution in [3.63, 3.8) is 0 Å². The first-order valence-electron chi connectivity index (χ1n) is 7.00. The van der Waals surface area contributed by atoms with Crippen LogP contribution >= 0.6 is 12.2 Å². The van der Waals surface area contributed by atoms with Crippen LogP contribution in [-0.4, -0.2) is 25.7 Å². The van der Waals surface area contributed by atoms with Gasteiger partial charge in [0.2, 0.25) is 4.77 Å². The van der Waals surface area contributed by atoms with E-state index in [0.29, 0.717) is 4.77 Å². The van der Waals surface area contributed by atoms with E-state index in [0.717, 1.165) is 28.5 Å². The van der Waals surface area contributed by atoms with Gasteiger partial charge in [0, 0.05) is 22.6 Å². The summed E-state index contributed by atoms with van der Waals surface area (Å²) in [5.41, 5.74) is 4.51. The summed E-state index contributed by atoms with van der Waals surface area (Å²) in [6.45, 7) is 6.03. The molecule has 0 saturated heterocycles. The topological polar surface area (TPSA) is 50.9 Å². The Bertz CT molecular complexity index is 883. The number of hydrogen-bond donors (Lipinski definition) is 1. The molecule has 0 unspecified atom stereocenters. The fourth-order valence-corrected chi connectivity index (χ4v) is 2.74. The fraction of sp³-hybridized carbons (Fsp3) is 0.188. The minimum atomic E-state index is 0.491. The van der Waals surface area contributed by atoms with Gasteiger partial charge in [0.1, 0.15) is 5.82 Å². The van der Waals surface area contributed by atoms with Gasteiger partial charge >= 0.3 is 0 Å². The zero-order chi connectivity index (χ0) is 15.7. The highest BCUT2D eigenvalue weighted by Crippen LogP contribution is 2.19. The van der Waals surface area contributed by atoms with E-state index in [-0.39, 0.29) is 0 Å². The number of nitrogens with zero attached hydrogens (tertiary/aromatic N) is 4. The Balaban J connectivity index is 2.02. The van der Waals surface area contributed by atoms with Crippen LogP contribution in [0.1, 0.15) is 22.8 Å². The largest absolute Gasteiger partial charge is 0.318 e. The highest BCUT2D eigenvalue weighted by atomic mass is 32.1. The Morgan fingerprint density at radius 2 is 1.91 bits per heavy atom. The van der Waals surface area contributed by atoms with Gasteiger partial charge < -0.3 is 4.57 Å². The Morgan fingerprint density at radius 3 is 2.55 bits per heavy atom. The van der Waals surface area contributed by atoms with Crippen LogP contribution in [-0.2, 0) is 0 Å². The number of hydrogen-bond acceptors (Lipinski definition) is 3. The number of nitrogens with one attached hydrogen (secondary N) is 1. The molecule has 3 aromatic rings. The van der Waals surface area contributed by atoms with Crippen molar-refractivity contribution in [1.29, 1.82) is 0 Å². The second-order valence-electron chi connectivity index (χ2n) is 5.13. The molecule has 0 aliphatic heterocycles. The SMILES string of the molecule is Cc1cc(/C=N\n2c(C)n[nH]c2=S)c(C)n1-c1ccccc1. The first-order chi connectivity index (χ1) is 10.6. The van der Waals surface area contributed by atoms with Gasteiger partial charge in [0.05, 0.1) is 6.21 Å². The summed E-state index contributed by atoms with van der Waals surface area (Å²) in [4.78, 5) is 0. The number of H-pyrrole nitrogens is 1. The minimum absolute atomic E-state index is 0.491.